The van der Waals surface area contributed by atoms with E-state index in [4.69, 9.17) is 9.47 Å². The molecule has 0 spiro atoms. The van der Waals surface area contributed by atoms with Gasteiger partial charge in [-0.2, -0.15) is 0 Å². The van der Waals surface area contributed by atoms with Crippen molar-refractivity contribution < 1.29 is 19.1 Å². The summed E-state index contributed by atoms with van der Waals surface area (Å²) in [6, 6.07) is 5.01. The van der Waals surface area contributed by atoms with E-state index in [0.29, 0.717) is 17.7 Å². The summed E-state index contributed by atoms with van der Waals surface area (Å²) in [6.07, 6.45) is 0. The highest BCUT2D eigenvalue weighted by atomic mass is 16.6. The number of carbonyl (C=O) groups excluding carboxylic acids is 2. The SMILES string of the molecule is CCNCc1cc(C(=O)OC(C)(C)C)cc(C(=O)OC(C)(C)C)c1. The van der Waals surface area contributed by atoms with E-state index in [0.717, 1.165) is 12.1 Å². The Bertz CT molecular complexity index is 548. The Hall–Kier alpha value is -1.88. The molecule has 0 aliphatic heterocycles. The molecule has 1 N–H and O–H groups in total. The first-order valence-electron chi connectivity index (χ1n) is 8.22. The highest BCUT2D eigenvalue weighted by Gasteiger charge is 2.22. The highest BCUT2D eigenvalue weighted by molar-refractivity contribution is 5.96. The van der Waals surface area contributed by atoms with Gasteiger partial charge < -0.3 is 14.8 Å². The average Bonchev–Trinajstić information content (AvgIpc) is 2.41. The van der Waals surface area contributed by atoms with Crippen molar-refractivity contribution in [1.82, 2.24) is 5.32 Å². The van der Waals surface area contributed by atoms with Gasteiger partial charge in [0.25, 0.3) is 0 Å². The number of hydrogen-bond acceptors (Lipinski definition) is 5. The number of hydrogen-bond donors (Lipinski definition) is 1. The fraction of sp³-hybridized carbons (Fsp3) is 0.579. The zero-order valence-electron chi connectivity index (χ0n) is 15.8. The molecule has 5 heteroatoms. The quantitative estimate of drug-likeness (QED) is 0.831. The normalized spacial score (nSPS) is 12.0. The first kappa shape index (κ1) is 20.2. The molecule has 0 aliphatic rings. The largest absolute Gasteiger partial charge is 0.456 e. The molecule has 1 aromatic carbocycles. The van der Waals surface area contributed by atoms with E-state index in [1.54, 1.807) is 12.1 Å². The molecule has 0 fully saturated rings. The molecule has 0 heterocycles. The van der Waals surface area contributed by atoms with Crippen molar-refractivity contribution >= 4 is 11.9 Å². The van der Waals surface area contributed by atoms with Crippen LogP contribution < -0.4 is 5.32 Å². The number of benzene rings is 1. The third kappa shape index (κ3) is 7.13. The van der Waals surface area contributed by atoms with Crippen LogP contribution in [-0.4, -0.2) is 29.7 Å². The van der Waals surface area contributed by atoms with Gasteiger partial charge in [-0.25, -0.2) is 9.59 Å². The number of nitrogens with one attached hydrogen (secondary N) is 1. The number of carbonyl (C=O) groups is 2. The summed E-state index contributed by atoms with van der Waals surface area (Å²) in [7, 11) is 0. The highest BCUT2D eigenvalue weighted by Crippen LogP contribution is 2.18. The molecule has 0 atom stereocenters. The first-order valence-corrected chi connectivity index (χ1v) is 8.22. The molecule has 0 saturated carbocycles. The minimum Gasteiger partial charge on any atom is -0.456 e. The van der Waals surface area contributed by atoms with E-state index in [1.165, 1.54) is 6.07 Å². The molecule has 0 amide bonds. The van der Waals surface area contributed by atoms with Gasteiger partial charge in [-0.15, -0.1) is 0 Å². The van der Waals surface area contributed by atoms with E-state index in [2.05, 4.69) is 5.32 Å². The van der Waals surface area contributed by atoms with Gasteiger partial charge in [0.15, 0.2) is 0 Å². The van der Waals surface area contributed by atoms with Gasteiger partial charge in [0.05, 0.1) is 11.1 Å². The van der Waals surface area contributed by atoms with Crippen LogP contribution in [0.5, 0.6) is 0 Å². The lowest BCUT2D eigenvalue weighted by molar-refractivity contribution is 0.00676. The molecule has 0 unspecified atom stereocenters. The summed E-state index contributed by atoms with van der Waals surface area (Å²) in [4.78, 5) is 24.7. The van der Waals surface area contributed by atoms with Gasteiger partial charge in [0.2, 0.25) is 0 Å². The Labute approximate surface area is 144 Å². The topological polar surface area (TPSA) is 64.6 Å². The lowest BCUT2D eigenvalue weighted by atomic mass is 10.0. The van der Waals surface area contributed by atoms with Crippen molar-refractivity contribution in [3.63, 3.8) is 0 Å². The maximum absolute atomic E-state index is 12.4. The van der Waals surface area contributed by atoms with Crippen LogP contribution in [-0.2, 0) is 16.0 Å². The van der Waals surface area contributed by atoms with Gasteiger partial charge in [0.1, 0.15) is 11.2 Å². The summed E-state index contributed by atoms with van der Waals surface area (Å²) < 4.78 is 10.8. The third-order valence-corrected chi connectivity index (χ3v) is 2.84. The Morgan fingerprint density at radius 3 is 1.62 bits per heavy atom. The van der Waals surface area contributed by atoms with Crippen molar-refractivity contribution in [1.29, 1.82) is 0 Å². The summed E-state index contributed by atoms with van der Waals surface area (Å²) in [5, 5.41) is 3.19. The average molecular weight is 335 g/mol. The van der Waals surface area contributed by atoms with Gasteiger partial charge in [-0.1, -0.05) is 6.92 Å². The first-order chi connectivity index (χ1) is 10.9. The predicted molar refractivity (Wildman–Crippen MR) is 94.2 cm³/mol. The number of esters is 2. The van der Waals surface area contributed by atoms with Gasteiger partial charge in [0, 0.05) is 6.54 Å². The molecule has 5 nitrogen and oxygen atoms in total. The Morgan fingerprint density at radius 2 is 1.29 bits per heavy atom. The molecular weight excluding hydrogens is 306 g/mol. The Morgan fingerprint density at radius 1 is 0.875 bits per heavy atom. The van der Waals surface area contributed by atoms with Crippen LogP contribution >= 0.6 is 0 Å². The minimum absolute atomic E-state index is 0.348. The monoisotopic (exact) mass is 335 g/mol. The summed E-state index contributed by atoms with van der Waals surface area (Å²) >= 11 is 0. The minimum atomic E-state index is -0.596. The van der Waals surface area contributed by atoms with Crippen LogP contribution in [0.25, 0.3) is 0 Å². The second kappa shape index (κ2) is 7.79. The van der Waals surface area contributed by atoms with Crippen molar-refractivity contribution in [2.45, 2.75) is 66.2 Å². The second-order valence-electron chi connectivity index (χ2n) is 7.70. The van der Waals surface area contributed by atoms with Crippen LogP contribution in [0.3, 0.4) is 0 Å². The van der Waals surface area contributed by atoms with Crippen LogP contribution in [0.2, 0.25) is 0 Å². The van der Waals surface area contributed by atoms with Gasteiger partial charge >= 0.3 is 11.9 Å². The van der Waals surface area contributed by atoms with E-state index >= 15 is 0 Å². The van der Waals surface area contributed by atoms with Crippen molar-refractivity contribution in [2.75, 3.05) is 6.54 Å². The van der Waals surface area contributed by atoms with E-state index in [1.807, 2.05) is 48.5 Å². The maximum Gasteiger partial charge on any atom is 0.338 e. The lowest BCUT2D eigenvalue weighted by Gasteiger charge is -2.21. The van der Waals surface area contributed by atoms with E-state index in [-0.39, 0.29) is 0 Å². The van der Waals surface area contributed by atoms with Crippen LogP contribution in [0.4, 0.5) is 0 Å². The molecular formula is C19H29NO4. The molecule has 1 aromatic rings. The molecule has 0 radical (unpaired) electrons. The van der Waals surface area contributed by atoms with Crippen LogP contribution in [0.15, 0.2) is 18.2 Å². The molecule has 1 rings (SSSR count). The second-order valence-corrected chi connectivity index (χ2v) is 7.70. The van der Waals surface area contributed by atoms with Gasteiger partial charge in [-0.05, 0) is 71.8 Å². The van der Waals surface area contributed by atoms with E-state index in [9.17, 15) is 9.59 Å². The summed E-state index contributed by atoms with van der Waals surface area (Å²) in [6.45, 7) is 14.2. The van der Waals surface area contributed by atoms with Gasteiger partial charge in [-0.3, -0.25) is 0 Å². The zero-order valence-corrected chi connectivity index (χ0v) is 15.8. The molecule has 0 saturated heterocycles. The fourth-order valence-corrected chi connectivity index (χ4v) is 1.97. The molecule has 0 aromatic heterocycles. The molecule has 134 valence electrons. The van der Waals surface area contributed by atoms with Crippen LogP contribution in [0, 0.1) is 0 Å². The standard InChI is InChI=1S/C19H29NO4/c1-8-20-12-13-9-14(16(21)23-18(2,3)4)11-15(10-13)17(22)24-19(5,6)7/h9-11,20H,8,12H2,1-7H3. The van der Waals surface area contributed by atoms with Crippen molar-refractivity contribution in [2.24, 2.45) is 0 Å². The zero-order chi connectivity index (χ0) is 18.5. The predicted octanol–water partition coefficient (Wildman–Crippen LogP) is 3.71. The number of rotatable bonds is 5. The number of ether oxygens (including phenoxy) is 2. The molecule has 0 bridgehead atoms. The van der Waals surface area contributed by atoms with E-state index < -0.39 is 23.1 Å². The smallest absolute Gasteiger partial charge is 0.338 e. The fourth-order valence-electron chi connectivity index (χ4n) is 1.97. The molecule has 24 heavy (non-hydrogen) atoms. The summed E-state index contributed by atoms with van der Waals surface area (Å²) in [5.74, 6) is -0.906. The summed E-state index contributed by atoms with van der Waals surface area (Å²) in [5.41, 5.74) is 0.338. The molecule has 0 aliphatic carbocycles. The maximum atomic E-state index is 12.4. The third-order valence-electron chi connectivity index (χ3n) is 2.84. The lowest BCUT2D eigenvalue weighted by Crippen LogP contribution is -2.26. The Kier molecular flexibility index (Phi) is 6.55. The van der Waals surface area contributed by atoms with Crippen molar-refractivity contribution in [3.8, 4) is 0 Å². The van der Waals surface area contributed by atoms with Crippen LogP contribution in [0.1, 0.15) is 74.7 Å². The van der Waals surface area contributed by atoms with Crippen molar-refractivity contribution in [3.05, 3.63) is 34.9 Å². The Balaban J connectivity index is 3.16.